The number of rotatable bonds is 6. The highest BCUT2D eigenvalue weighted by atomic mass is 16.5. The third-order valence-electron chi connectivity index (χ3n) is 6.08. The smallest absolute Gasteiger partial charge is 0.173 e. The fourth-order valence-corrected chi connectivity index (χ4v) is 4.44. The Morgan fingerprint density at radius 1 is 1.07 bits per heavy atom. The predicted octanol–water partition coefficient (Wildman–Crippen LogP) is 2.52. The van der Waals surface area contributed by atoms with E-state index in [2.05, 4.69) is 49.1 Å². The summed E-state index contributed by atoms with van der Waals surface area (Å²) in [6, 6.07) is 8.91. The molecule has 1 unspecified atom stereocenters. The number of nitrogens with zero attached hydrogens (tertiary/aromatic N) is 6. The lowest BCUT2D eigenvalue weighted by Gasteiger charge is -2.38. The van der Waals surface area contributed by atoms with Crippen molar-refractivity contribution >= 4 is 0 Å². The minimum atomic E-state index is 0.0884. The molecule has 1 aromatic carbocycles. The molecule has 7 nitrogen and oxygen atoms in total. The zero-order chi connectivity index (χ0) is 18.6. The third-order valence-corrected chi connectivity index (χ3v) is 6.08. The molecule has 1 aromatic heterocycles. The highest BCUT2D eigenvalue weighted by Crippen LogP contribution is 2.34. The quantitative estimate of drug-likeness (QED) is 0.779. The van der Waals surface area contributed by atoms with Crippen LogP contribution in [-0.4, -0.2) is 69.8 Å². The fraction of sp³-hybridized carbons (Fsp3) is 0.650. The van der Waals surface area contributed by atoms with Gasteiger partial charge in [0.05, 0.1) is 19.2 Å². The van der Waals surface area contributed by atoms with Crippen LogP contribution in [0, 0.1) is 0 Å². The van der Waals surface area contributed by atoms with E-state index in [0.717, 1.165) is 44.3 Å². The van der Waals surface area contributed by atoms with Crippen molar-refractivity contribution in [1.29, 1.82) is 0 Å². The van der Waals surface area contributed by atoms with Crippen LogP contribution in [0.5, 0.6) is 5.75 Å². The average molecular weight is 371 g/mol. The zero-order valence-electron chi connectivity index (χ0n) is 16.4. The van der Waals surface area contributed by atoms with Crippen LogP contribution in [0.1, 0.15) is 56.1 Å². The molecule has 2 aliphatic rings. The summed E-state index contributed by atoms with van der Waals surface area (Å²) < 4.78 is 7.46. The molecule has 4 rings (SSSR count). The minimum Gasteiger partial charge on any atom is -0.497 e. The molecule has 27 heavy (non-hydrogen) atoms. The fourth-order valence-electron chi connectivity index (χ4n) is 4.44. The Bertz CT molecular complexity index is 716. The van der Waals surface area contributed by atoms with Gasteiger partial charge in [-0.15, -0.1) is 5.10 Å². The maximum atomic E-state index is 5.35. The van der Waals surface area contributed by atoms with Crippen LogP contribution in [0.2, 0.25) is 0 Å². The Hall–Kier alpha value is -1.99. The molecule has 1 aliphatic heterocycles. The number of ether oxygens (including phenoxy) is 1. The molecule has 0 N–H and O–H groups in total. The lowest BCUT2D eigenvalue weighted by Crippen LogP contribution is -2.48. The Morgan fingerprint density at radius 2 is 1.78 bits per heavy atom. The van der Waals surface area contributed by atoms with E-state index in [1.54, 1.807) is 7.11 Å². The molecule has 2 fully saturated rings. The molecule has 1 atom stereocenters. The predicted molar refractivity (Wildman–Crippen MR) is 104 cm³/mol. The van der Waals surface area contributed by atoms with Gasteiger partial charge in [0.15, 0.2) is 5.82 Å². The number of likely N-dealkylation sites (N-methyl/N-ethyl adjacent to an activating group) is 1. The Labute approximate surface area is 161 Å². The van der Waals surface area contributed by atoms with Crippen LogP contribution < -0.4 is 4.74 Å². The molecule has 0 bridgehead atoms. The highest BCUT2D eigenvalue weighted by molar-refractivity contribution is 5.32. The van der Waals surface area contributed by atoms with Crippen molar-refractivity contribution in [3.8, 4) is 5.75 Å². The van der Waals surface area contributed by atoms with E-state index in [0.29, 0.717) is 6.04 Å². The van der Waals surface area contributed by atoms with Crippen molar-refractivity contribution in [2.45, 2.75) is 44.7 Å². The van der Waals surface area contributed by atoms with E-state index in [1.807, 2.05) is 12.1 Å². The second-order valence-corrected chi connectivity index (χ2v) is 7.57. The lowest BCUT2D eigenvalue weighted by molar-refractivity contribution is 0.107. The van der Waals surface area contributed by atoms with E-state index in [1.165, 1.54) is 31.2 Å². The van der Waals surface area contributed by atoms with Crippen molar-refractivity contribution in [2.24, 2.45) is 0 Å². The molecular weight excluding hydrogens is 340 g/mol. The van der Waals surface area contributed by atoms with E-state index < -0.39 is 0 Å². The van der Waals surface area contributed by atoms with Gasteiger partial charge < -0.3 is 9.64 Å². The first-order chi connectivity index (χ1) is 13.3. The van der Waals surface area contributed by atoms with Gasteiger partial charge in [-0.3, -0.25) is 4.90 Å². The number of hydrogen-bond acceptors (Lipinski definition) is 6. The first-order valence-corrected chi connectivity index (χ1v) is 10.2. The number of aromatic nitrogens is 4. The first-order valence-electron chi connectivity index (χ1n) is 10.2. The maximum absolute atomic E-state index is 5.35. The number of hydrogen-bond donors (Lipinski definition) is 0. The first kappa shape index (κ1) is 18.4. The number of tetrazole rings is 1. The van der Waals surface area contributed by atoms with Crippen LogP contribution in [-0.2, 0) is 0 Å². The SMILES string of the molecule is CCN1CCN(C(c2ccc(OC)cc2)c2nnnn2C2CCCC2)CC1. The second-order valence-electron chi connectivity index (χ2n) is 7.57. The van der Waals surface area contributed by atoms with Crippen molar-refractivity contribution in [3.05, 3.63) is 35.7 Å². The molecule has 1 aliphatic carbocycles. The van der Waals surface area contributed by atoms with Gasteiger partial charge in [0.25, 0.3) is 0 Å². The summed E-state index contributed by atoms with van der Waals surface area (Å²) in [5.74, 6) is 1.86. The van der Waals surface area contributed by atoms with E-state index in [-0.39, 0.29) is 6.04 Å². The lowest BCUT2D eigenvalue weighted by atomic mass is 10.0. The van der Waals surface area contributed by atoms with Gasteiger partial charge >= 0.3 is 0 Å². The number of benzene rings is 1. The summed E-state index contributed by atoms with van der Waals surface area (Å²) in [7, 11) is 1.71. The molecule has 146 valence electrons. The third kappa shape index (κ3) is 3.84. The second kappa shape index (κ2) is 8.35. The normalized spacial score (nSPS) is 20.8. The molecule has 2 aromatic rings. The standard InChI is InChI=1S/C20H30N6O/c1-3-24-12-14-25(15-13-24)19(16-8-10-18(27-2)11-9-16)20-21-22-23-26(20)17-6-4-5-7-17/h8-11,17,19H,3-7,12-15H2,1-2H3. The molecular formula is C20H30N6O. The molecule has 0 amide bonds. The van der Waals surface area contributed by atoms with Gasteiger partial charge in [-0.1, -0.05) is 31.9 Å². The van der Waals surface area contributed by atoms with Crippen molar-refractivity contribution in [1.82, 2.24) is 30.0 Å². The molecule has 1 saturated heterocycles. The summed E-state index contributed by atoms with van der Waals surface area (Å²) in [5, 5.41) is 13.0. The minimum absolute atomic E-state index is 0.0884. The number of piperazine rings is 1. The van der Waals surface area contributed by atoms with Gasteiger partial charge in [0, 0.05) is 26.2 Å². The largest absolute Gasteiger partial charge is 0.497 e. The Kier molecular flexibility index (Phi) is 5.69. The molecule has 7 heteroatoms. The van der Waals surface area contributed by atoms with Gasteiger partial charge in [0.1, 0.15) is 5.75 Å². The summed E-state index contributed by atoms with van der Waals surface area (Å²) in [6.07, 6.45) is 4.90. The van der Waals surface area contributed by atoms with Gasteiger partial charge in [-0.2, -0.15) is 0 Å². The van der Waals surface area contributed by atoms with Crippen LogP contribution in [0.3, 0.4) is 0 Å². The van der Waals surface area contributed by atoms with Crippen LogP contribution in [0.15, 0.2) is 24.3 Å². The molecule has 1 saturated carbocycles. The van der Waals surface area contributed by atoms with Gasteiger partial charge in [-0.05, 0) is 47.5 Å². The van der Waals surface area contributed by atoms with Crippen molar-refractivity contribution in [2.75, 3.05) is 39.8 Å². The molecule has 2 heterocycles. The monoisotopic (exact) mass is 370 g/mol. The molecule has 0 radical (unpaired) electrons. The zero-order valence-corrected chi connectivity index (χ0v) is 16.4. The van der Waals surface area contributed by atoms with Crippen LogP contribution in [0.4, 0.5) is 0 Å². The average Bonchev–Trinajstić information content (AvgIpc) is 3.41. The van der Waals surface area contributed by atoms with Gasteiger partial charge in [-0.25, -0.2) is 4.68 Å². The van der Waals surface area contributed by atoms with Crippen LogP contribution in [0.25, 0.3) is 0 Å². The molecule has 0 spiro atoms. The van der Waals surface area contributed by atoms with Crippen LogP contribution >= 0.6 is 0 Å². The highest BCUT2D eigenvalue weighted by Gasteiger charge is 2.32. The summed E-state index contributed by atoms with van der Waals surface area (Å²) >= 11 is 0. The Balaban J connectivity index is 1.67. The van der Waals surface area contributed by atoms with E-state index in [4.69, 9.17) is 4.74 Å². The van der Waals surface area contributed by atoms with Gasteiger partial charge in [0.2, 0.25) is 0 Å². The number of methoxy groups -OCH3 is 1. The van der Waals surface area contributed by atoms with E-state index in [9.17, 15) is 0 Å². The maximum Gasteiger partial charge on any atom is 0.173 e. The summed E-state index contributed by atoms with van der Waals surface area (Å²) in [4.78, 5) is 5.03. The summed E-state index contributed by atoms with van der Waals surface area (Å²) in [6.45, 7) is 7.59. The topological polar surface area (TPSA) is 59.3 Å². The summed E-state index contributed by atoms with van der Waals surface area (Å²) in [5.41, 5.74) is 1.23. The Morgan fingerprint density at radius 3 is 2.41 bits per heavy atom. The van der Waals surface area contributed by atoms with E-state index >= 15 is 0 Å². The van der Waals surface area contributed by atoms with Crippen molar-refractivity contribution < 1.29 is 4.74 Å². The van der Waals surface area contributed by atoms with Crippen molar-refractivity contribution in [3.63, 3.8) is 0 Å².